The SMILES string of the molecule is CC1CN(Cc2ccncc2)C(Cc2ccccc2)CN1. The third kappa shape index (κ3) is 3.90. The van der Waals surface area contributed by atoms with E-state index in [0.717, 1.165) is 26.1 Å². The number of nitrogens with one attached hydrogen (secondary N) is 1. The third-order valence-corrected chi connectivity index (χ3v) is 4.18. The first kappa shape index (κ1) is 14.2. The highest BCUT2D eigenvalue weighted by Crippen LogP contribution is 2.16. The maximum atomic E-state index is 4.11. The summed E-state index contributed by atoms with van der Waals surface area (Å²) in [7, 11) is 0. The maximum Gasteiger partial charge on any atom is 0.0271 e. The van der Waals surface area contributed by atoms with Gasteiger partial charge in [-0.15, -0.1) is 0 Å². The van der Waals surface area contributed by atoms with Crippen molar-refractivity contribution >= 4 is 0 Å². The van der Waals surface area contributed by atoms with Gasteiger partial charge in [-0.3, -0.25) is 9.88 Å². The molecule has 0 amide bonds. The van der Waals surface area contributed by atoms with Crippen LogP contribution in [0.2, 0.25) is 0 Å². The van der Waals surface area contributed by atoms with E-state index in [2.05, 4.69) is 64.6 Å². The van der Waals surface area contributed by atoms with Gasteiger partial charge in [-0.1, -0.05) is 30.3 Å². The molecule has 1 aliphatic rings. The Kier molecular flexibility index (Phi) is 4.63. The van der Waals surface area contributed by atoms with Crippen molar-refractivity contribution in [3.63, 3.8) is 0 Å². The Morgan fingerprint density at radius 1 is 1.10 bits per heavy atom. The lowest BCUT2D eigenvalue weighted by atomic mass is 10.0. The van der Waals surface area contributed by atoms with Gasteiger partial charge in [-0.05, 0) is 36.6 Å². The van der Waals surface area contributed by atoms with Gasteiger partial charge in [-0.25, -0.2) is 0 Å². The first-order valence-corrected chi connectivity index (χ1v) is 7.71. The van der Waals surface area contributed by atoms with Crippen LogP contribution in [0.4, 0.5) is 0 Å². The van der Waals surface area contributed by atoms with Crippen LogP contribution in [0.5, 0.6) is 0 Å². The Bertz CT molecular complexity index is 541. The highest BCUT2D eigenvalue weighted by molar-refractivity contribution is 5.17. The quantitative estimate of drug-likeness (QED) is 0.933. The van der Waals surface area contributed by atoms with Crippen molar-refractivity contribution in [2.75, 3.05) is 13.1 Å². The lowest BCUT2D eigenvalue weighted by molar-refractivity contribution is 0.127. The Morgan fingerprint density at radius 2 is 1.86 bits per heavy atom. The summed E-state index contributed by atoms with van der Waals surface area (Å²) in [6.45, 7) is 5.42. The normalized spacial score (nSPS) is 23.1. The summed E-state index contributed by atoms with van der Waals surface area (Å²) >= 11 is 0. The molecule has 3 rings (SSSR count). The van der Waals surface area contributed by atoms with Crippen molar-refractivity contribution < 1.29 is 0 Å². The van der Waals surface area contributed by atoms with Crippen molar-refractivity contribution in [3.05, 3.63) is 66.0 Å². The zero-order chi connectivity index (χ0) is 14.5. The van der Waals surface area contributed by atoms with E-state index in [1.54, 1.807) is 0 Å². The van der Waals surface area contributed by atoms with Crippen molar-refractivity contribution in [1.29, 1.82) is 0 Å². The van der Waals surface area contributed by atoms with Gasteiger partial charge in [0.25, 0.3) is 0 Å². The van der Waals surface area contributed by atoms with Crippen LogP contribution in [-0.2, 0) is 13.0 Å². The van der Waals surface area contributed by atoms with E-state index in [4.69, 9.17) is 0 Å². The summed E-state index contributed by atoms with van der Waals surface area (Å²) in [5.41, 5.74) is 2.76. The fourth-order valence-corrected chi connectivity index (χ4v) is 3.04. The van der Waals surface area contributed by atoms with E-state index in [1.165, 1.54) is 11.1 Å². The predicted octanol–water partition coefficient (Wildman–Crippen LogP) is 2.49. The molecule has 1 aliphatic heterocycles. The number of hydrogen-bond donors (Lipinski definition) is 1. The summed E-state index contributed by atoms with van der Waals surface area (Å²) in [5.74, 6) is 0. The Labute approximate surface area is 127 Å². The van der Waals surface area contributed by atoms with Gasteiger partial charge < -0.3 is 5.32 Å². The molecule has 0 aliphatic carbocycles. The average molecular weight is 281 g/mol. The summed E-state index contributed by atoms with van der Waals surface area (Å²) in [6.07, 6.45) is 4.87. The molecule has 0 bridgehead atoms. The second-order valence-corrected chi connectivity index (χ2v) is 5.94. The molecule has 2 aromatic rings. The van der Waals surface area contributed by atoms with Gasteiger partial charge in [0.15, 0.2) is 0 Å². The fourth-order valence-electron chi connectivity index (χ4n) is 3.04. The van der Waals surface area contributed by atoms with E-state index < -0.39 is 0 Å². The van der Waals surface area contributed by atoms with Crippen LogP contribution >= 0.6 is 0 Å². The van der Waals surface area contributed by atoms with E-state index in [0.29, 0.717) is 12.1 Å². The van der Waals surface area contributed by atoms with Gasteiger partial charge in [0.2, 0.25) is 0 Å². The minimum absolute atomic E-state index is 0.553. The molecule has 2 heterocycles. The minimum Gasteiger partial charge on any atom is -0.311 e. The van der Waals surface area contributed by atoms with E-state index in [9.17, 15) is 0 Å². The molecular weight excluding hydrogens is 258 g/mol. The minimum atomic E-state index is 0.553. The second-order valence-electron chi connectivity index (χ2n) is 5.94. The van der Waals surface area contributed by atoms with Crippen LogP contribution in [-0.4, -0.2) is 35.1 Å². The molecule has 0 spiro atoms. The zero-order valence-corrected chi connectivity index (χ0v) is 12.6. The standard InChI is InChI=1S/C18H23N3/c1-15-13-21(14-17-7-9-19-10-8-17)18(12-20-15)11-16-5-3-2-4-6-16/h2-10,15,18,20H,11-14H2,1H3. The molecule has 2 atom stereocenters. The number of rotatable bonds is 4. The molecule has 1 fully saturated rings. The number of hydrogen-bond acceptors (Lipinski definition) is 3. The maximum absolute atomic E-state index is 4.11. The lowest BCUT2D eigenvalue weighted by Crippen LogP contribution is -2.55. The molecule has 21 heavy (non-hydrogen) atoms. The second kappa shape index (κ2) is 6.83. The van der Waals surface area contributed by atoms with Crippen molar-refractivity contribution in [2.24, 2.45) is 0 Å². The van der Waals surface area contributed by atoms with Gasteiger partial charge >= 0.3 is 0 Å². The molecule has 1 aromatic carbocycles. The number of benzene rings is 1. The van der Waals surface area contributed by atoms with Gasteiger partial charge in [-0.2, -0.15) is 0 Å². The lowest BCUT2D eigenvalue weighted by Gasteiger charge is -2.39. The molecule has 0 saturated carbocycles. The van der Waals surface area contributed by atoms with E-state index in [1.807, 2.05) is 12.4 Å². The highest BCUT2D eigenvalue weighted by atomic mass is 15.2. The number of pyridine rings is 1. The largest absolute Gasteiger partial charge is 0.311 e. The molecular formula is C18H23N3. The van der Waals surface area contributed by atoms with Crippen LogP contribution in [0.25, 0.3) is 0 Å². The Morgan fingerprint density at radius 3 is 2.62 bits per heavy atom. The van der Waals surface area contributed by atoms with Gasteiger partial charge in [0.05, 0.1) is 0 Å². The van der Waals surface area contributed by atoms with Crippen molar-refractivity contribution in [1.82, 2.24) is 15.2 Å². The van der Waals surface area contributed by atoms with E-state index in [-0.39, 0.29) is 0 Å². The Balaban J connectivity index is 1.71. The fraction of sp³-hybridized carbons (Fsp3) is 0.389. The van der Waals surface area contributed by atoms with Gasteiger partial charge in [0.1, 0.15) is 0 Å². The summed E-state index contributed by atoms with van der Waals surface area (Å²) in [4.78, 5) is 6.71. The van der Waals surface area contributed by atoms with Crippen LogP contribution in [0.3, 0.4) is 0 Å². The monoisotopic (exact) mass is 281 g/mol. The first-order valence-electron chi connectivity index (χ1n) is 7.71. The van der Waals surface area contributed by atoms with Crippen LogP contribution in [0, 0.1) is 0 Å². The average Bonchev–Trinajstić information content (AvgIpc) is 2.52. The molecule has 0 radical (unpaired) electrons. The first-order chi connectivity index (χ1) is 10.3. The predicted molar refractivity (Wildman–Crippen MR) is 86.0 cm³/mol. The number of nitrogens with zero attached hydrogens (tertiary/aromatic N) is 2. The van der Waals surface area contributed by atoms with E-state index >= 15 is 0 Å². The molecule has 1 saturated heterocycles. The molecule has 3 nitrogen and oxygen atoms in total. The zero-order valence-electron chi connectivity index (χ0n) is 12.6. The topological polar surface area (TPSA) is 28.2 Å². The Hall–Kier alpha value is -1.71. The third-order valence-electron chi connectivity index (χ3n) is 4.18. The highest BCUT2D eigenvalue weighted by Gasteiger charge is 2.25. The van der Waals surface area contributed by atoms with Crippen LogP contribution < -0.4 is 5.32 Å². The number of aromatic nitrogens is 1. The molecule has 1 aromatic heterocycles. The van der Waals surface area contributed by atoms with Crippen LogP contribution in [0.15, 0.2) is 54.9 Å². The smallest absolute Gasteiger partial charge is 0.0271 e. The van der Waals surface area contributed by atoms with Crippen molar-refractivity contribution in [3.8, 4) is 0 Å². The van der Waals surface area contributed by atoms with Crippen LogP contribution in [0.1, 0.15) is 18.1 Å². The summed E-state index contributed by atoms with van der Waals surface area (Å²) in [5, 5.41) is 3.61. The molecule has 2 unspecified atom stereocenters. The molecule has 110 valence electrons. The van der Waals surface area contributed by atoms with Crippen molar-refractivity contribution in [2.45, 2.75) is 32.0 Å². The molecule has 1 N–H and O–H groups in total. The summed E-state index contributed by atoms with van der Waals surface area (Å²) in [6, 6.07) is 16.1. The number of piperazine rings is 1. The molecule has 3 heteroatoms. The summed E-state index contributed by atoms with van der Waals surface area (Å²) < 4.78 is 0. The van der Waals surface area contributed by atoms with Gasteiger partial charge in [0, 0.05) is 44.1 Å².